The summed E-state index contributed by atoms with van der Waals surface area (Å²) < 4.78 is 13.5. The Morgan fingerprint density at radius 3 is 2.40 bits per heavy atom. The first-order chi connectivity index (χ1) is 9.51. The fraction of sp³-hybridized carbons (Fsp3) is 0.143. The number of hydrazine groups is 1. The van der Waals surface area contributed by atoms with Crippen molar-refractivity contribution < 1.29 is 4.39 Å². The number of hydrogen-bond acceptors (Lipinski definition) is 2. The molecule has 0 aliphatic carbocycles. The Morgan fingerprint density at radius 1 is 1.05 bits per heavy atom. The van der Waals surface area contributed by atoms with Gasteiger partial charge in [0.1, 0.15) is 5.82 Å². The molecule has 20 heavy (non-hydrogen) atoms. The second-order valence-corrected chi connectivity index (χ2v) is 5.58. The van der Waals surface area contributed by atoms with Crippen molar-refractivity contribution in [2.45, 2.75) is 12.5 Å². The van der Waals surface area contributed by atoms with Gasteiger partial charge in [-0.05, 0) is 47.9 Å². The molecular formula is C14H12Cl3FN2. The van der Waals surface area contributed by atoms with Gasteiger partial charge in [-0.2, -0.15) is 0 Å². The van der Waals surface area contributed by atoms with E-state index in [0.29, 0.717) is 22.0 Å². The van der Waals surface area contributed by atoms with Gasteiger partial charge in [0.25, 0.3) is 0 Å². The largest absolute Gasteiger partial charge is 0.271 e. The van der Waals surface area contributed by atoms with Crippen molar-refractivity contribution in [3.8, 4) is 0 Å². The predicted molar refractivity (Wildman–Crippen MR) is 81.6 cm³/mol. The highest BCUT2D eigenvalue weighted by molar-refractivity contribution is 6.33. The molecule has 2 aromatic rings. The van der Waals surface area contributed by atoms with E-state index < -0.39 is 5.82 Å². The molecule has 0 fully saturated rings. The first-order valence-corrected chi connectivity index (χ1v) is 6.99. The van der Waals surface area contributed by atoms with Crippen molar-refractivity contribution >= 4 is 34.8 Å². The van der Waals surface area contributed by atoms with Gasteiger partial charge in [-0.15, -0.1) is 0 Å². The molecule has 0 aliphatic heterocycles. The lowest BCUT2D eigenvalue weighted by Gasteiger charge is -2.17. The van der Waals surface area contributed by atoms with E-state index in [1.165, 1.54) is 12.1 Å². The number of rotatable bonds is 4. The predicted octanol–water partition coefficient (Wildman–Crippen LogP) is 4.53. The number of hydrogen-bond donors (Lipinski definition) is 2. The molecule has 0 bridgehead atoms. The van der Waals surface area contributed by atoms with Gasteiger partial charge >= 0.3 is 0 Å². The maximum Gasteiger partial charge on any atom is 0.142 e. The molecule has 0 amide bonds. The Bertz CT molecular complexity index is 619. The first kappa shape index (κ1) is 15.5. The molecule has 1 atom stereocenters. The van der Waals surface area contributed by atoms with Gasteiger partial charge in [0.2, 0.25) is 0 Å². The van der Waals surface area contributed by atoms with Crippen LogP contribution in [0.4, 0.5) is 4.39 Å². The summed E-state index contributed by atoms with van der Waals surface area (Å²) in [5, 5.41) is 1.25. The smallest absolute Gasteiger partial charge is 0.142 e. The zero-order valence-electron chi connectivity index (χ0n) is 10.3. The van der Waals surface area contributed by atoms with Crippen molar-refractivity contribution in [1.29, 1.82) is 0 Å². The maximum absolute atomic E-state index is 13.5. The lowest BCUT2D eigenvalue weighted by molar-refractivity contribution is 0.544. The van der Waals surface area contributed by atoms with Crippen molar-refractivity contribution in [1.82, 2.24) is 5.43 Å². The third kappa shape index (κ3) is 3.62. The molecule has 2 rings (SSSR count). The van der Waals surface area contributed by atoms with Crippen molar-refractivity contribution in [2.75, 3.05) is 0 Å². The van der Waals surface area contributed by atoms with Crippen molar-refractivity contribution in [3.05, 3.63) is 68.4 Å². The Hall–Kier alpha value is -0.840. The molecule has 0 aromatic heterocycles. The molecule has 0 aliphatic rings. The Labute approximate surface area is 131 Å². The van der Waals surface area contributed by atoms with E-state index in [9.17, 15) is 4.39 Å². The maximum atomic E-state index is 13.5. The Kier molecular flexibility index (Phi) is 5.24. The topological polar surface area (TPSA) is 38.0 Å². The third-order valence-electron chi connectivity index (χ3n) is 2.98. The molecule has 106 valence electrons. The van der Waals surface area contributed by atoms with Crippen LogP contribution in [0, 0.1) is 5.82 Å². The Morgan fingerprint density at radius 2 is 1.75 bits per heavy atom. The van der Waals surface area contributed by atoms with E-state index in [4.69, 9.17) is 40.6 Å². The fourth-order valence-electron chi connectivity index (χ4n) is 1.92. The molecule has 2 aromatic carbocycles. The zero-order valence-corrected chi connectivity index (χ0v) is 12.6. The highest BCUT2D eigenvalue weighted by Gasteiger charge is 2.14. The molecule has 0 radical (unpaired) electrons. The zero-order chi connectivity index (χ0) is 14.7. The molecule has 6 heteroatoms. The van der Waals surface area contributed by atoms with Gasteiger partial charge in [-0.3, -0.25) is 11.3 Å². The average molecular weight is 334 g/mol. The van der Waals surface area contributed by atoms with Crippen LogP contribution < -0.4 is 11.3 Å². The quantitative estimate of drug-likeness (QED) is 0.637. The molecule has 0 heterocycles. The molecule has 1 unspecified atom stereocenters. The number of nitrogens with one attached hydrogen (secondary N) is 1. The van der Waals surface area contributed by atoms with Crippen LogP contribution >= 0.6 is 34.8 Å². The van der Waals surface area contributed by atoms with Gasteiger partial charge in [0.05, 0.1) is 11.1 Å². The van der Waals surface area contributed by atoms with Crippen LogP contribution in [0.15, 0.2) is 36.4 Å². The van der Waals surface area contributed by atoms with Crippen molar-refractivity contribution in [3.63, 3.8) is 0 Å². The summed E-state index contributed by atoms with van der Waals surface area (Å²) in [4.78, 5) is 0. The summed E-state index contributed by atoms with van der Waals surface area (Å²) in [7, 11) is 0. The van der Waals surface area contributed by atoms with E-state index in [0.717, 1.165) is 5.56 Å². The van der Waals surface area contributed by atoms with Gasteiger partial charge in [-0.1, -0.05) is 40.9 Å². The van der Waals surface area contributed by atoms with E-state index in [1.807, 2.05) is 0 Å². The van der Waals surface area contributed by atoms with Crippen LogP contribution in [0.2, 0.25) is 15.1 Å². The summed E-state index contributed by atoms with van der Waals surface area (Å²) in [5.41, 5.74) is 4.17. The van der Waals surface area contributed by atoms with Gasteiger partial charge < -0.3 is 0 Å². The van der Waals surface area contributed by atoms with Gasteiger partial charge in [-0.25, -0.2) is 4.39 Å². The minimum atomic E-state index is -0.485. The second kappa shape index (κ2) is 6.74. The molecule has 0 saturated heterocycles. The highest BCUT2D eigenvalue weighted by atomic mass is 35.5. The number of nitrogens with two attached hydrogens (primary N) is 1. The van der Waals surface area contributed by atoms with Gasteiger partial charge in [0.15, 0.2) is 0 Å². The van der Waals surface area contributed by atoms with Crippen LogP contribution in [0.25, 0.3) is 0 Å². The number of halogens is 4. The first-order valence-electron chi connectivity index (χ1n) is 5.86. The average Bonchev–Trinajstić information content (AvgIpc) is 2.43. The molecule has 2 nitrogen and oxygen atoms in total. The van der Waals surface area contributed by atoms with E-state index in [-0.39, 0.29) is 11.1 Å². The van der Waals surface area contributed by atoms with Crippen LogP contribution in [-0.4, -0.2) is 0 Å². The Balaban J connectivity index is 2.28. The monoisotopic (exact) mass is 332 g/mol. The summed E-state index contributed by atoms with van der Waals surface area (Å²) in [6, 6.07) is 9.46. The van der Waals surface area contributed by atoms with E-state index >= 15 is 0 Å². The summed E-state index contributed by atoms with van der Waals surface area (Å²) in [6.07, 6.45) is 0.483. The summed E-state index contributed by atoms with van der Waals surface area (Å²) >= 11 is 17.7. The molecular weight excluding hydrogens is 322 g/mol. The normalized spacial score (nSPS) is 12.4. The lowest BCUT2D eigenvalue weighted by Crippen LogP contribution is -2.29. The van der Waals surface area contributed by atoms with Crippen LogP contribution in [-0.2, 0) is 6.42 Å². The molecule has 0 spiro atoms. The van der Waals surface area contributed by atoms with Crippen LogP contribution in [0.5, 0.6) is 0 Å². The van der Waals surface area contributed by atoms with Gasteiger partial charge in [0, 0.05) is 10.0 Å². The highest BCUT2D eigenvalue weighted by Crippen LogP contribution is 2.27. The fourth-order valence-corrected chi connectivity index (χ4v) is 2.43. The SMILES string of the molecule is NNC(Cc1cc(Cl)ccc1Cl)c1ccc(Cl)c(F)c1. The van der Waals surface area contributed by atoms with Crippen LogP contribution in [0.3, 0.4) is 0 Å². The van der Waals surface area contributed by atoms with E-state index in [1.54, 1.807) is 24.3 Å². The van der Waals surface area contributed by atoms with Crippen LogP contribution in [0.1, 0.15) is 17.2 Å². The van der Waals surface area contributed by atoms with Crippen molar-refractivity contribution in [2.24, 2.45) is 5.84 Å². The molecule has 0 saturated carbocycles. The summed E-state index contributed by atoms with van der Waals surface area (Å²) in [6.45, 7) is 0. The minimum Gasteiger partial charge on any atom is -0.271 e. The standard InChI is InChI=1S/C14H12Cl3FN2/c15-10-2-4-11(16)9(5-10)7-14(20-19)8-1-3-12(17)13(18)6-8/h1-6,14,20H,7,19H2. The third-order valence-corrected chi connectivity index (χ3v) is 3.89. The lowest BCUT2D eigenvalue weighted by atomic mass is 9.99. The summed E-state index contributed by atoms with van der Waals surface area (Å²) in [5.74, 6) is 5.06. The second-order valence-electron chi connectivity index (χ2n) is 4.33. The minimum absolute atomic E-state index is 0.0744. The van der Waals surface area contributed by atoms with E-state index in [2.05, 4.69) is 5.43 Å². The molecule has 3 N–H and O–H groups in total. The number of benzene rings is 2.